The summed E-state index contributed by atoms with van der Waals surface area (Å²) in [6.45, 7) is 1.81. The van der Waals surface area contributed by atoms with E-state index >= 15 is 0 Å². The topological polar surface area (TPSA) is 68.9 Å². The van der Waals surface area contributed by atoms with Crippen molar-refractivity contribution in [3.05, 3.63) is 54.3 Å². The van der Waals surface area contributed by atoms with Crippen molar-refractivity contribution in [2.45, 2.75) is 12.8 Å². The standard InChI is InChI=1S/C13H9BrClFIN3O/c1-5(11-7(15)2-6(14)4-19-11)9-3-8(17)10(13(18)21)12(16)20-9/h2-5H,1H3,(H2,18,21). The van der Waals surface area contributed by atoms with Gasteiger partial charge in [0.15, 0.2) is 0 Å². The molecule has 1 atom stereocenters. The highest BCUT2D eigenvalue weighted by atomic mass is 127. The molecule has 0 bridgehead atoms. The zero-order chi connectivity index (χ0) is 15.7. The molecule has 0 aliphatic carbocycles. The first-order chi connectivity index (χ1) is 9.81. The van der Waals surface area contributed by atoms with Crippen molar-refractivity contribution in [3.63, 3.8) is 0 Å². The minimum Gasteiger partial charge on any atom is -0.365 e. The van der Waals surface area contributed by atoms with Crippen LogP contribution in [0.3, 0.4) is 0 Å². The van der Waals surface area contributed by atoms with Gasteiger partial charge in [-0.1, -0.05) is 18.5 Å². The fraction of sp³-hybridized carbons (Fsp3) is 0.154. The molecule has 0 aromatic carbocycles. The van der Waals surface area contributed by atoms with Gasteiger partial charge in [0.25, 0.3) is 5.91 Å². The zero-order valence-corrected chi connectivity index (χ0v) is 15.2. The Hall–Kier alpha value is -0.800. The molecule has 0 saturated heterocycles. The molecule has 8 heteroatoms. The summed E-state index contributed by atoms with van der Waals surface area (Å²) in [4.78, 5) is 19.2. The third kappa shape index (κ3) is 3.51. The summed E-state index contributed by atoms with van der Waals surface area (Å²) in [5, 5.41) is 0.452. The third-order valence-corrected chi connectivity index (χ3v) is 4.47. The van der Waals surface area contributed by atoms with E-state index in [-0.39, 0.29) is 11.5 Å². The zero-order valence-electron chi connectivity index (χ0n) is 10.7. The Bertz CT molecular complexity index is 706. The average Bonchev–Trinajstić information content (AvgIpc) is 2.36. The van der Waals surface area contributed by atoms with E-state index in [1.165, 1.54) is 0 Å². The molecule has 2 heterocycles. The van der Waals surface area contributed by atoms with Crippen LogP contribution in [0.2, 0.25) is 5.02 Å². The first kappa shape index (κ1) is 16.6. The highest BCUT2D eigenvalue weighted by molar-refractivity contribution is 14.1. The van der Waals surface area contributed by atoms with Crippen molar-refractivity contribution in [1.82, 2.24) is 9.97 Å². The van der Waals surface area contributed by atoms with E-state index in [1.54, 1.807) is 18.3 Å². The van der Waals surface area contributed by atoms with Gasteiger partial charge in [-0.2, -0.15) is 4.39 Å². The molecule has 0 saturated carbocycles. The molecule has 2 N–H and O–H groups in total. The maximum atomic E-state index is 13.9. The monoisotopic (exact) mass is 483 g/mol. The lowest BCUT2D eigenvalue weighted by molar-refractivity contribution is 0.0994. The summed E-state index contributed by atoms with van der Waals surface area (Å²) in [7, 11) is 0. The van der Waals surface area contributed by atoms with Gasteiger partial charge in [-0.3, -0.25) is 9.78 Å². The summed E-state index contributed by atoms with van der Waals surface area (Å²) in [5.41, 5.74) is 5.93. The Morgan fingerprint density at radius 2 is 2.19 bits per heavy atom. The highest BCUT2D eigenvalue weighted by Gasteiger charge is 2.21. The van der Waals surface area contributed by atoms with Gasteiger partial charge in [0.05, 0.1) is 16.4 Å². The van der Waals surface area contributed by atoms with Crippen molar-refractivity contribution < 1.29 is 9.18 Å². The number of rotatable bonds is 3. The molecule has 0 aliphatic rings. The summed E-state index contributed by atoms with van der Waals surface area (Å²) in [6.07, 6.45) is 1.61. The molecule has 1 amide bonds. The molecular weight excluding hydrogens is 475 g/mol. The second-order valence-electron chi connectivity index (χ2n) is 4.30. The number of hydrogen-bond acceptors (Lipinski definition) is 3. The number of carbonyl (C=O) groups excluding carboxylic acids is 1. The Labute approximate surface area is 147 Å². The minimum atomic E-state index is -0.885. The molecule has 2 aromatic heterocycles. The van der Waals surface area contributed by atoms with Crippen LogP contribution in [-0.4, -0.2) is 15.9 Å². The highest BCUT2D eigenvalue weighted by Crippen LogP contribution is 2.30. The maximum absolute atomic E-state index is 13.9. The molecule has 0 fully saturated rings. The van der Waals surface area contributed by atoms with E-state index < -0.39 is 11.9 Å². The van der Waals surface area contributed by atoms with Crippen LogP contribution < -0.4 is 5.73 Å². The number of nitrogens with two attached hydrogens (primary N) is 1. The predicted molar refractivity (Wildman–Crippen MR) is 89.9 cm³/mol. The SMILES string of the molecule is CC(c1cc(I)c(C(N)=O)c(F)n1)c1ncc(Br)cc1Cl. The number of amides is 1. The number of nitrogens with zero attached hydrogens (tertiary/aromatic N) is 2. The van der Waals surface area contributed by atoms with E-state index in [0.717, 1.165) is 4.47 Å². The molecule has 4 nitrogen and oxygen atoms in total. The lowest BCUT2D eigenvalue weighted by Gasteiger charge is -2.14. The van der Waals surface area contributed by atoms with Crippen molar-refractivity contribution in [1.29, 1.82) is 0 Å². The van der Waals surface area contributed by atoms with Crippen LogP contribution in [0.15, 0.2) is 22.8 Å². The van der Waals surface area contributed by atoms with Gasteiger partial charge in [-0.05, 0) is 50.7 Å². The van der Waals surface area contributed by atoms with Gasteiger partial charge in [0.2, 0.25) is 5.95 Å². The van der Waals surface area contributed by atoms with Crippen molar-refractivity contribution in [3.8, 4) is 0 Å². The molecule has 0 radical (unpaired) electrons. The number of primary amides is 1. The van der Waals surface area contributed by atoms with Gasteiger partial charge >= 0.3 is 0 Å². The van der Waals surface area contributed by atoms with E-state index in [9.17, 15) is 9.18 Å². The molecule has 21 heavy (non-hydrogen) atoms. The first-order valence-electron chi connectivity index (χ1n) is 5.78. The number of aromatic nitrogens is 2. The summed E-state index contributed by atoms with van der Waals surface area (Å²) in [6, 6.07) is 3.31. The second-order valence-corrected chi connectivity index (χ2v) is 6.79. The van der Waals surface area contributed by atoms with Crippen molar-refractivity contribution >= 4 is 56.0 Å². The fourth-order valence-electron chi connectivity index (χ4n) is 1.83. The van der Waals surface area contributed by atoms with Gasteiger partial charge in [0.1, 0.15) is 5.56 Å². The van der Waals surface area contributed by atoms with E-state index in [2.05, 4.69) is 25.9 Å². The summed E-state index contributed by atoms with van der Waals surface area (Å²) < 4.78 is 15.1. The van der Waals surface area contributed by atoms with E-state index in [4.69, 9.17) is 17.3 Å². The Morgan fingerprint density at radius 3 is 2.71 bits per heavy atom. The van der Waals surface area contributed by atoms with E-state index in [1.807, 2.05) is 29.5 Å². The lowest BCUT2D eigenvalue weighted by atomic mass is 10.0. The normalized spacial score (nSPS) is 12.2. The van der Waals surface area contributed by atoms with Crippen LogP contribution in [0.25, 0.3) is 0 Å². The average molecular weight is 484 g/mol. The molecule has 1 unspecified atom stereocenters. The Kier molecular flexibility index (Phi) is 5.15. The number of hydrogen-bond donors (Lipinski definition) is 1. The summed E-state index contributed by atoms with van der Waals surface area (Å²) in [5.74, 6) is -2.05. The predicted octanol–water partition coefficient (Wildman–Crippen LogP) is 3.89. The molecule has 0 spiro atoms. The quantitative estimate of drug-likeness (QED) is 0.531. The van der Waals surface area contributed by atoms with Crippen LogP contribution in [0.1, 0.15) is 34.6 Å². The number of pyridine rings is 2. The van der Waals surface area contributed by atoms with Gasteiger partial charge in [-0.15, -0.1) is 0 Å². The van der Waals surface area contributed by atoms with Crippen LogP contribution in [0, 0.1) is 9.52 Å². The molecule has 2 aromatic rings. The number of carbonyl (C=O) groups is 1. The van der Waals surface area contributed by atoms with Crippen LogP contribution in [0.5, 0.6) is 0 Å². The first-order valence-corrected chi connectivity index (χ1v) is 8.03. The molecular formula is C13H9BrClFIN3O. The smallest absolute Gasteiger partial charge is 0.254 e. The largest absolute Gasteiger partial charge is 0.365 e. The van der Waals surface area contributed by atoms with Crippen LogP contribution >= 0.6 is 50.1 Å². The third-order valence-electron chi connectivity index (χ3n) is 2.88. The molecule has 2 rings (SSSR count). The Balaban J connectivity index is 2.49. The van der Waals surface area contributed by atoms with Gasteiger partial charge in [0, 0.05) is 20.2 Å². The lowest BCUT2D eigenvalue weighted by Crippen LogP contribution is -2.17. The number of halogens is 4. The van der Waals surface area contributed by atoms with E-state index in [0.29, 0.717) is 20.0 Å². The van der Waals surface area contributed by atoms with Crippen molar-refractivity contribution in [2.24, 2.45) is 5.73 Å². The Morgan fingerprint density at radius 1 is 1.52 bits per heavy atom. The van der Waals surface area contributed by atoms with Crippen LogP contribution in [0.4, 0.5) is 4.39 Å². The molecule has 110 valence electrons. The molecule has 0 aliphatic heterocycles. The minimum absolute atomic E-state index is 0.207. The maximum Gasteiger partial charge on any atom is 0.254 e. The van der Waals surface area contributed by atoms with Crippen molar-refractivity contribution in [2.75, 3.05) is 0 Å². The summed E-state index contributed by atoms with van der Waals surface area (Å²) >= 11 is 11.3. The van der Waals surface area contributed by atoms with Crippen LogP contribution in [-0.2, 0) is 0 Å². The van der Waals surface area contributed by atoms with Gasteiger partial charge in [-0.25, -0.2) is 4.98 Å². The second kappa shape index (κ2) is 6.53. The van der Waals surface area contributed by atoms with Gasteiger partial charge < -0.3 is 5.73 Å². The fourth-order valence-corrected chi connectivity index (χ4v) is 3.43.